The molecule has 0 bridgehead atoms. The monoisotopic (exact) mass is 283 g/mol. The lowest BCUT2D eigenvalue weighted by Crippen LogP contribution is -2.33. The zero-order valence-corrected chi connectivity index (χ0v) is 12.5. The van der Waals surface area contributed by atoms with Crippen LogP contribution in [0.2, 0.25) is 0 Å². The number of carboxylic acids is 1. The summed E-state index contributed by atoms with van der Waals surface area (Å²) in [6.45, 7) is 4.48. The Bertz CT molecular complexity index is 672. The maximum Gasteiger partial charge on any atom is 0.307 e. The molecule has 2 unspecified atom stereocenters. The van der Waals surface area contributed by atoms with Crippen molar-refractivity contribution < 1.29 is 9.90 Å². The molecule has 1 saturated carbocycles. The summed E-state index contributed by atoms with van der Waals surface area (Å²) in [5, 5.41) is 10.7. The van der Waals surface area contributed by atoms with Gasteiger partial charge in [0.15, 0.2) is 0 Å². The van der Waals surface area contributed by atoms with Crippen molar-refractivity contribution in [3.05, 3.63) is 42.1 Å². The van der Waals surface area contributed by atoms with Gasteiger partial charge in [0.1, 0.15) is 0 Å². The highest BCUT2D eigenvalue weighted by atomic mass is 16.4. The largest absolute Gasteiger partial charge is 0.481 e. The molecule has 3 nitrogen and oxygen atoms in total. The van der Waals surface area contributed by atoms with Gasteiger partial charge in [-0.1, -0.05) is 32.0 Å². The summed E-state index contributed by atoms with van der Waals surface area (Å²) < 4.78 is 0. The van der Waals surface area contributed by atoms with Gasteiger partial charge in [0, 0.05) is 11.6 Å². The van der Waals surface area contributed by atoms with Crippen LogP contribution in [0.15, 0.2) is 36.5 Å². The maximum atomic E-state index is 11.7. The normalized spacial score (nSPS) is 24.9. The summed E-state index contributed by atoms with van der Waals surface area (Å²) in [5.41, 5.74) is 2.28. The Morgan fingerprint density at radius 2 is 2.10 bits per heavy atom. The van der Waals surface area contributed by atoms with Gasteiger partial charge in [0.05, 0.1) is 11.4 Å². The molecule has 1 aliphatic rings. The van der Waals surface area contributed by atoms with Crippen molar-refractivity contribution in [2.45, 2.75) is 39.0 Å². The summed E-state index contributed by atoms with van der Waals surface area (Å²) in [7, 11) is 0. The second kappa shape index (κ2) is 5.14. The summed E-state index contributed by atoms with van der Waals surface area (Å²) in [5.74, 6) is -0.889. The molecule has 1 aliphatic carbocycles. The second-order valence-electron chi connectivity index (χ2n) is 6.88. The van der Waals surface area contributed by atoms with E-state index in [0.29, 0.717) is 0 Å². The van der Waals surface area contributed by atoms with Crippen LogP contribution in [-0.4, -0.2) is 16.1 Å². The van der Waals surface area contributed by atoms with Gasteiger partial charge in [-0.2, -0.15) is 0 Å². The van der Waals surface area contributed by atoms with E-state index in [9.17, 15) is 9.90 Å². The summed E-state index contributed by atoms with van der Waals surface area (Å²) in [4.78, 5) is 16.1. The first-order chi connectivity index (χ1) is 9.98. The lowest BCUT2D eigenvalue weighted by Gasteiger charge is -2.39. The van der Waals surface area contributed by atoms with Gasteiger partial charge in [-0.3, -0.25) is 9.78 Å². The van der Waals surface area contributed by atoms with Crippen molar-refractivity contribution in [2.24, 2.45) is 11.3 Å². The summed E-state index contributed by atoms with van der Waals surface area (Å²) >= 11 is 0. The molecule has 110 valence electrons. The van der Waals surface area contributed by atoms with Gasteiger partial charge in [-0.15, -0.1) is 0 Å². The van der Waals surface area contributed by atoms with E-state index in [2.05, 4.69) is 31.0 Å². The first kappa shape index (κ1) is 14.1. The van der Waals surface area contributed by atoms with E-state index in [4.69, 9.17) is 0 Å². The molecule has 0 amide bonds. The molecule has 1 aromatic carbocycles. The Labute approximate surface area is 125 Å². The zero-order chi connectivity index (χ0) is 15.0. The van der Waals surface area contributed by atoms with Crippen molar-refractivity contribution in [1.29, 1.82) is 0 Å². The van der Waals surface area contributed by atoms with E-state index in [0.717, 1.165) is 35.7 Å². The molecule has 3 rings (SSSR count). The van der Waals surface area contributed by atoms with Crippen LogP contribution in [0.5, 0.6) is 0 Å². The molecule has 21 heavy (non-hydrogen) atoms. The number of fused-ring (bicyclic) bond motifs is 1. The maximum absolute atomic E-state index is 11.7. The smallest absolute Gasteiger partial charge is 0.307 e. The Kier molecular flexibility index (Phi) is 3.44. The van der Waals surface area contributed by atoms with Crippen LogP contribution in [0.3, 0.4) is 0 Å². The van der Waals surface area contributed by atoms with E-state index in [1.54, 1.807) is 6.20 Å². The van der Waals surface area contributed by atoms with E-state index >= 15 is 0 Å². The van der Waals surface area contributed by atoms with Crippen molar-refractivity contribution in [1.82, 2.24) is 4.98 Å². The lowest BCUT2D eigenvalue weighted by molar-refractivity contribution is -0.144. The van der Waals surface area contributed by atoms with Crippen LogP contribution < -0.4 is 0 Å². The summed E-state index contributed by atoms with van der Waals surface area (Å²) in [6.07, 6.45) is 4.43. The predicted octanol–water partition coefficient (Wildman–Crippen LogP) is 4.23. The number of hydrogen-bond donors (Lipinski definition) is 1. The van der Waals surface area contributed by atoms with Gasteiger partial charge < -0.3 is 5.11 Å². The second-order valence-corrected chi connectivity index (χ2v) is 6.88. The molecule has 1 heterocycles. The molecule has 3 heteroatoms. The standard InChI is InChI=1S/C18H21NO2/c1-18(2)9-8-14(17(20)21)15(11-18)12-5-3-7-16-13(12)6-4-10-19-16/h3-7,10,14-15H,8-9,11H2,1-2H3,(H,20,21). The number of carbonyl (C=O) groups is 1. The molecule has 0 aliphatic heterocycles. The minimum atomic E-state index is -0.670. The number of nitrogens with zero attached hydrogens (tertiary/aromatic N) is 1. The van der Waals surface area contributed by atoms with Crippen LogP contribution in [0.1, 0.15) is 44.6 Å². The Morgan fingerprint density at radius 3 is 2.86 bits per heavy atom. The van der Waals surface area contributed by atoms with Crippen molar-refractivity contribution in [3.63, 3.8) is 0 Å². The third kappa shape index (κ3) is 2.65. The molecule has 1 N–H and O–H groups in total. The van der Waals surface area contributed by atoms with Crippen LogP contribution in [0.25, 0.3) is 10.9 Å². The van der Waals surface area contributed by atoms with E-state index in [1.807, 2.05) is 18.2 Å². The Morgan fingerprint density at radius 1 is 1.29 bits per heavy atom. The van der Waals surface area contributed by atoms with Crippen molar-refractivity contribution in [3.8, 4) is 0 Å². The zero-order valence-electron chi connectivity index (χ0n) is 12.5. The van der Waals surface area contributed by atoms with Crippen LogP contribution in [0.4, 0.5) is 0 Å². The summed E-state index contributed by atoms with van der Waals surface area (Å²) in [6, 6.07) is 10.0. The van der Waals surface area contributed by atoms with Gasteiger partial charge in [0.2, 0.25) is 0 Å². The molecule has 2 atom stereocenters. The molecular weight excluding hydrogens is 262 g/mol. The topological polar surface area (TPSA) is 50.2 Å². The van der Waals surface area contributed by atoms with Gasteiger partial charge in [0.25, 0.3) is 0 Å². The van der Waals surface area contributed by atoms with Crippen LogP contribution in [0, 0.1) is 11.3 Å². The number of aromatic nitrogens is 1. The minimum absolute atomic E-state index is 0.0687. The first-order valence-corrected chi connectivity index (χ1v) is 7.54. The first-order valence-electron chi connectivity index (χ1n) is 7.54. The molecule has 1 fully saturated rings. The van der Waals surface area contributed by atoms with E-state index in [-0.39, 0.29) is 17.3 Å². The molecule has 0 spiro atoms. The SMILES string of the molecule is CC1(C)CCC(C(=O)O)C(c2cccc3ncccc23)C1. The van der Waals surface area contributed by atoms with Gasteiger partial charge in [-0.25, -0.2) is 0 Å². The molecular formula is C18H21NO2. The Hall–Kier alpha value is -1.90. The van der Waals surface area contributed by atoms with E-state index < -0.39 is 5.97 Å². The molecule has 1 aromatic heterocycles. The number of aliphatic carboxylic acids is 1. The number of benzene rings is 1. The highest BCUT2D eigenvalue weighted by Crippen LogP contribution is 2.48. The van der Waals surface area contributed by atoms with Crippen LogP contribution >= 0.6 is 0 Å². The third-order valence-electron chi connectivity index (χ3n) is 4.79. The molecule has 0 radical (unpaired) electrons. The van der Waals surface area contributed by atoms with Crippen molar-refractivity contribution >= 4 is 16.9 Å². The highest BCUT2D eigenvalue weighted by Gasteiger charge is 2.39. The third-order valence-corrected chi connectivity index (χ3v) is 4.79. The van der Waals surface area contributed by atoms with Crippen LogP contribution in [-0.2, 0) is 4.79 Å². The minimum Gasteiger partial charge on any atom is -0.481 e. The lowest BCUT2D eigenvalue weighted by atomic mass is 9.64. The molecule has 0 saturated heterocycles. The Balaban J connectivity index is 2.11. The average molecular weight is 283 g/mol. The quantitative estimate of drug-likeness (QED) is 0.897. The van der Waals surface area contributed by atoms with Gasteiger partial charge >= 0.3 is 5.97 Å². The number of carboxylic acid groups (broad SMARTS) is 1. The predicted molar refractivity (Wildman–Crippen MR) is 83.2 cm³/mol. The number of hydrogen-bond acceptors (Lipinski definition) is 2. The van der Waals surface area contributed by atoms with Crippen molar-refractivity contribution in [2.75, 3.05) is 0 Å². The fourth-order valence-corrected chi connectivity index (χ4v) is 3.66. The van der Waals surface area contributed by atoms with E-state index in [1.165, 1.54) is 0 Å². The number of pyridine rings is 1. The number of rotatable bonds is 2. The van der Waals surface area contributed by atoms with Gasteiger partial charge in [-0.05, 0) is 48.3 Å². The average Bonchev–Trinajstić information content (AvgIpc) is 2.45. The fourth-order valence-electron chi connectivity index (χ4n) is 3.66. The highest BCUT2D eigenvalue weighted by molar-refractivity contribution is 5.83. The molecule has 2 aromatic rings. The fraction of sp³-hybridized carbons (Fsp3) is 0.444.